The molecule has 0 unspecified atom stereocenters. The van der Waals surface area contributed by atoms with Crippen LogP contribution < -0.4 is 5.32 Å². The van der Waals surface area contributed by atoms with Gasteiger partial charge in [0.25, 0.3) is 0 Å². The predicted octanol–water partition coefficient (Wildman–Crippen LogP) is 5.38. The third-order valence-corrected chi connectivity index (χ3v) is 5.39. The standard InChI is InChI=1S/C28H27N3O/c1-21(2)28(32)29-19-25-27(24-16-10-5-11-17-24)30-26(18-22-12-6-3-7-13-22)31(25)20-23-14-8-4-9-15-23/h3-17H,1,18-20H2,2H3,(H,29,32). The average molecular weight is 422 g/mol. The van der Waals surface area contributed by atoms with Crippen LogP contribution in [-0.2, 0) is 24.3 Å². The first-order valence-corrected chi connectivity index (χ1v) is 10.8. The van der Waals surface area contributed by atoms with Gasteiger partial charge in [0.2, 0.25) is 5.91 Å². The highest BCUT2D eigenvalue weighted by atomic mass is 16.1. The average Bonchev–Trinajstić information content (AvgIpc) is 3.16. The lowest BCUT2D eigenvalue weighted by Gasteiger charge is -2.14. The molecule has 1 N–H and O–H groups in total. The number of aromatic nitrogens is 2. The zero-order valence-corrected chi connectivity index (χ0v) is 18.3. The maximum Gasteiger partial charge on any atom is 0.246 e. The van der Waals surface area contributed by atoms with E-state index in [0.717, 1.165) is 22.8 Å². The van der Waals surface area contributed by atoms with Crippen molar-refractivity contribution >= 4 is 5.91 Å². The van der Waals surface area contributed by atoms with Gasteiger partial charge in [0.1, 0.15) is 5.82 Å². The SMILES string of the molecule is C=C(C)C(=O)NCc1c(-c2ccccc2)nc(Cc2ccccc2)n1Cc1ccccc1. The minimum Gasteiger partial charge on any atom is -0.347 e. The van der Waals surface area contributed by atoms with Gasteiger partial charge in [0.05, 0.1) is 17.9 Å². The fourth-order valence-corrected chi connectivity index (χ4v) is 3.72. The van der Waals surface area contributed by atoms with E-state index in [4.69, 9.17) is 4.98 Å². The van der Waals surface area contributed by atoms with Gasteiger partial charge in [-0.3, -0.25) is 4.79 Å². The van der Waals surface area contributed by atoms with Crippen LogP contribution >= 0.6 is 0 Å². The van der Waals surface area contributed by atoms with Gasteiger partial charge in [-0.05, 0) is 18.1 Å². The molecule has 0 atom stereocenters. The molecule has 4 aromatic rings. The molecule has 160 valence electrons. The first-order valence-electron chi connectivity index (χ1n) is 10.8. The molecule has 32 heavy (non-hydrogen) atoms. The molecular formula is C28H27N3O. The van der Waals surface area contributed by atoms with Crippen molar-refractivity contribution < 1.29 is 4.79 Å². The Labute approximate surface area is 189 Å². The molecular weight excluding hydrogens is 394 g/mol. The van der Waals surface area contributed by atoms with E-state index in [1.54, 1.807) is 6.92 Å². The topological polar surface area (TPSA) is 46.9 Å². The van der Waals surface area contributed by atoms with Gasteiger partial charge >= 0.3 is 0 Å². The number of nitrogens with zero attached hydrogens (tertiary/aromatic N) is 2. The van der Waals surface area contributed by atoms with E-state index in [0.29, 0.717) is 25.1 Å². The van der Waals surface area contributed by atoms with Gasteiger partial charge in [-0.25, -0.2) is 4.98 Å². The number of imidazole rings is 1. The summed E-state index contributed by atoms with van der Waals surface area (Å²) in [5, 5.41) is 3.01. The van der Waals surface area contributed by atoms with Crippen molar-refractivity contribution in [2.75, 3.05) is 0 Å². The Bertz CT molecular complexity index is 1200. The van der Waals surface area contributed by atoms with Crippen LogP contribution in [0.5, 0.6) is 0 Å². The molecule has 4 heteroatoms. The molecule has 4 nitrogen and oxygen atoms in total. The van der Waals surface area contributed by atoms with Crippen molar-refractivity contribution in [3.63, 3.8) is 0 Å². The lowest BCUT2D eigenvalue weighted by Crippen LogP contribution is -2.25. The Morgan fingerprint density at radius 1 is 0.875 bits per heavy atom. The minimum atomic E-state index is -0.152. The van der Waals surface area contributed by atoms with Crippen molar-refractivity contribution in [2.45, 2.75) is 26.4 Å². The van der Waals surface area contributed by atoms with E-state index >= 15 is 0 Å². The zero-order chi connectivity index (χ0) is 22.3. The Hall–Kier alpha value is -3.92. The second-order valence-corrected chi connectivity index (χ2v) is 7.89. The molecule has 1 heterocycles. The highest BCUT2D eigenvalue weighted by molar-refractivity contribution is 5.92. The fraction of sp³-hybridized carbons (Fsp3) is 0.143. The lowest BCUT2D eigenvalue weighted by molar-refractivity contribution is -0.117. The third kappa shape index (κ3) is 5.03. The summed E-state index contributed by atoms with van der Waals surface area (Å²) < 4.78 is 2.24. The molecule has 0 bridgehead atoms. The summed E-state index contributed by atoms with van der Waals surface area (Å²) in [5.41, 5.74) is 5.79. The number of benzene rings is 3. The summed E-state index contributed by atoms with van der Waals surface area (Å²) in [4.78, 5) is 17.4. The molecule has 0 spiro atoms. The highest BCUT2D eigenvalue weighted by Crippen LogP contribution is 2.26. The van der Waals surface area contributed by atoms with Crippen LogP contribution in [0.15, 0.2) is 103 Å². The number of nitrogens with one attached hydrogen (secondary N) is 1. The van der Waals surface area contributed by atoms with Gasteiger partial charge in [-0.1, -0.05) is 97.6 Å². The Morgan fingerprint density at radius 2 is 1.44 bits per heavy atom. The molecule has 4 rings (SSSR count). The summed E-state index contributed by atoms with van der Waals surface area (Å²) >= 11 is 0. The van der Waals surface area contributed by atoms with Gasteiger partial charge in [0, 0.05) is 24.1 Å². The number of carbonyl (C=O) groups excluding carboxylic acids is 1. The predicted molar refractivity (Wildman–Crippen MR) is 129 cm³/mol. The van der Waals surface area contributed by atoms with Gasteiger partial charge in [-0.15, -0.1) is 0 Å². The van der Waals surface area contributed by atoms with E-state index in [1.807, 2.05) is 54.6 Å². The smallest absolute Gasteiger partial charge is 0.246 e. The first-order chi connectivity index (χ1) is 15.6. The summed E-state index contributed by atoms with van der Waals surface area (Å²) in [5.74, 6) is 0.819. The fourth-order valence-electron chi connectivity index (χ4n) is 3.72. The second-order valence-electron chi connectivity index (χ2n) is 7.89. The summed E-state index contributed by atoms with van der Waals surface area (Å²) in [6, 6.07) is 30.8. The van der Waals surface area contributed by atoms with E-state index < -0.39 is 0 Å². The van der Waals surface area contributed by atoms with Crippen molar-refractivity contribution in [2.24, 2.45) is 0 Å². The summed E-state index contributed by atoms with van der Waals surface area (Å²) in [6.45, 7) is 6.54. The van der Waals surface area contributed by atoms with Crippen LogP contribution in [0.1, 0.15) is 29.6 Å². The molecule has 1 aromatic heterocycles. The lowest BCUT2D eigenvalue weighted by atomic mass is 10.1. The molecule has 3 aromatic carbocycles. The molecule has 0 aliphatic carbocycles. The van der Waals surface area contributed by atoms with Gasteiger partial charge in [-0.2, -0.15) is 0 Å². The number of hydrogen-bond acceptors (Lipinski definition) is 2. The van der Waals surface area contributed by atoms with E-state index in [9.17, 15) is 4.79 Å². The number of carbonyl (C=O) groups is 1. The van der Waals surface area contributed by atoms with Crippen LogP contribution in [0.4, 0.5) is 0 Å². The summed E-state index contributed by atoms with van der Waals surface area (Å²) in [7, 11) is 0. The Morgan fingerprint density at radius 3 is 2.03 bits per heavy atom. The van der Waals surface area contributed by atoms with Crippen molar-refractivity contribution in [1.29, 1.82) is 0 Å². The molecule has 0 saturated heterocycles. The monoisotopic (exact) mass is 421 g/mol. The molecule has 0 aliphatic heterocycles. The van der Waals surface area contributed by atoms with E-state index in [-0.39, 0.29) is 5.91 Å². The maximum absolute atomic E-state index is 12.3. The first kappa shape index (κ1) is 21.3. The number of hydrogen-bond donors (Lipinski definition) is 1. The van der Waals surface area contributed by atoms with Crippen LogP contribution in [0.25, 0.3) is 11.3 Å². The quantitative estimate of drug-likeness (QED) is 0.388. The molecule has 1 amide bonds. The number of rotatable bonds is 8. The normalized spacial score (nSPS) is 10.7. The summed E-state index contributed by atoms with van der Waals surface area (Å²) in [6.07, 6.45) is 0.710. The van der Waals surface area contributed by atoms with E-state index in [2.05, 4.69) is 52.9 Å². The molecule has 0 saturated carbocycles. The van der Waals surface area contributed by atoms with Gasteiger partial charge in [0.15, 0.2) is 0 Å². The highest BCUT2D eigenvalue weighted by Gasteiger charge is 2.20. The number of amides is 1. The van der Waals surface area contributed by atoms with Crippen LogP contribution in [-0.4, -0.2) is 15.5 Å². The van der Waals surface area contributed by atoms with E-state index in [1.165, 1.54) is 11.1 Å². The Balaban J connectivity index is 1.81. The van der Waals surface area contributed by atoms with Crippen LogP contribution in [0, 0.1) is 0 Å². The zero-order valence-electron chi connectivity index (χ0n) is 18.3. The largest absolute Gasteiger partial charge is 0.347 e. The molecule has 0 aliphatic rings. The van der Waals surface area contributed by atoms with Crippen molar-refractivity contribution in [3.8, 4) is 11.3 Å². The van der Waals surface area contributed by atoms with Gasteiger partial charge < -0.3 is 9.88 Å². The third-order valence-electron chi connectivity index (χ3n) is 5.39. The van der Waals surface area contributed by atoms with Crippen LogP contribution in [0.2, 0.25) is 0 Å². The van der Waals surface area contributed by atoms with Crippen molar-refractivity contribution in [1.82, 2.24) is 14.9 Å². The van der Waals surface area contributed by atoms with Crippen molar-refractivity contribution in [3.05, 3.63) is 126 Å². The molecule has 0 fully saturated rings. The Kier molecular flexibility index (Phi) is 6.61. The minimum absolute atomic E-state index is 0.152. The maximum atomic E-state index is 12.3. The molecule has 0 radical (unpaired) electrons. The van der Waals surface area contributed by atoms with Crippen LogP contribution in [0.3, 0.4) is 0 Å². The second kappa shape index (κ2) is 9.92.